The Morgan fingerprint density at radius 1 is 1.43 bits per heavy atom. The van der Waals surface area contributed by atoms with Crippen LogP contribution >= 0.6 is 0 Å². The summed E-state index contributed by atoms with van der Waals surface area (Å²) in [4.78, 5) is 0. The molecule has 0 radical (unpaired) electrons. The van der Waals surface area contributed by atoms with Crippen LogP contribution in [-0.4, -0.2) is 39.5 Å². The molecule has 1 aliphatic heterocycles. The SMILES string of the molecule is COCCC(C)OCCC1CCNC1. The van der Waals surface area contributed by atoms with E-state index in [1.165, 1.54) is 25.9 Å². The number of methoxy groups -OCH3 is 1. The Morgan fingerprint density at radius 3 is 2.93 bits per heavy atom. The second kappa shape index (κ2) is 7.21. The van der Waals surface area contributed by atoms with Crippen LogP contribution in [0.2, 0.25) is 0 Å². The van der Waals surface area contributed by atoms with Crippen LogP contribution in [-0.2, 0) is 9.47 Å². The Hall–Kier alpha value is -0.120. The maximum absolute atomic E-state index is 5.70. The summed E-state index contributed by atoms with van der Waals surface area (Å²) in [5, 5.41) is 3.37. The van der Waals surface area contributed by atoms with Crippen LogP contribution in [0, 0.1) is 5.92 Å². The summed E-state index contributed by atoms with van der Waals surface area (Å²) >= 11 is 0. The molecule has 2 unspecified atom stereocenters. The van der Waals surface area contributed by atoms with E-state index in [0.29, 0.717) is 6.10 Å². The molecule has 0 amide bonds. The molecule has 84 valence electrons. The van der Waals surface area contributed by atoms with Crippen LogP contribution in [0.25, 0.3) is 0 Å². The monoisotopic (exact) mass is 201 g/mol. The molecule has 2 atom stereocenters. The van der Waals surface area contributed by atoms with E-state index in [-0.39, 0.29) is 0 Å². The van der Waals surface area contributed by atoms with Gasteiger partial charge in [0.2, 0.25) is 0 Å². The van der Waals surface area contributed by atoms with Crippen LogP contribution in [0.4, 0.5) is 0 Å². The number of rotatable bonds is 7. The Morgan fingerprint density at radius 2 is 2.29 bits per heavy atom. The highest BCUT2D eigenvalue weighted by atomic mass is 16.5. The first-order valence-electron chi connectivity index (χ1n) is 5.64. The number of nitrogens with one attached hydrogen (secondary N) is 1. The van der Waals surface area contributed by atoms with Gasteiger partial charge < -0.3 is 14.8 Å². The normalized spacial score (nSPS) is 24.0. The van der Waals surface area contributed by atoms with Gasteiger partial charge in [-0.3, -0.25) is 0 Å². The first kappa shape index (κ1) is 12.0. The van der Waals surface area contributed by atoms with E-state index in [9.17, 15) is 0 Å². The summed E-state index contributed by atoms with van der Waals surface area (Å²) < 4.78 is 10.7. The second-order valence-electron chi connectivity index (χ2n) is 4.11. The van der Waals surface area contributed by atoms with E-state index in [4.69, 9.17) is 9.47 Å². The van der Waals surface area contributed by atoms with E-state index in [0.717, 1.165) is 25.6 Å². The van der Waals surface area contributed by atoms with Crippen LogP contribution in [0.1, 0.15) is 26.2 Å². The van der Waals surface area contributed by atoms with Gasteiger partial charge in [0.1, 0.15) is 0 Å². The molecule has 0 aliphatic carbocycles. The van der Waals surface area contributed by atoms with Gasteiger partial charge in [-0.25, -0.2) is 0 Å². The summed E-state index contributed by atoms with van der Waals surface area (Å²) in [5.74, 6) is 0.838. The highest BCUT2D eigenvalue weighted by molar-refractivity contribution is 4.70. The highest BCUT2D eigenvalue weighted by Gasteiger charge is 2.14. The minimum Gasteiger partial charge on any atom is -0.385 e. The standard InChI is InChI=1S/C11H23NO2/c1-10(4-7-13-2)14-8-5-11-3-6-12-9-11/h10-12H,3-9H2,1-2H3. The van der Waals surface area contributed by atoms with Crippen molar-refractivity contribution in [2.75, 3.05) is 33.4 Å². The molecule has 0 bridgehead atoms. The Labute approximate surface area is 87.2 Å². The van der Waals surface area contributed by atoms with E-state index < -0.39 is 0 Å². The second-order valence-corrected chi connectivity index (χ2v) is 4.11. The summed E-state index contributed by atoms with van der Waals surface area (Å²) in [7, 11) is 1.73. The minimum atomic E-state index is 0.337. The lowest BCUT2D eigenvalue weighted by Gasteiger charge is -2.14. The average molecular weight is 201 g/mol. The molecule has 0 aromatic heterocycles. The van der Waals surface area contributed by atoms with Crippen molar-refractivity contribution in [1.29, 1.82) is 0 Å². The van der Waals surface area contributed by atoms with Gasteiger partial charge in [0.05, 0.1) is 6.10 Å². The van der Waals surface area contributed by atoms with Crippen molar-refractivity contribution in [3.05, 3.63) is 0 Å². The fourth-order valence-electron chi connectivity index (χ4n) is 1.76. The lowest BCUT2D eigenvalue weighted by molar-refractivity contribution is 0.0347. The fourth-order valence-corrected chi connectivity index (χ4v) is 1.76. The van der Waals surface area contributed by atoms with Crippen molar-refractivity contribution in [2.24, 2.45) is 5.92 Å². The summed E-state index contributed by atoms with van der Waals surface area (Å²) in [6.07, 6.45) is 3.85. The maximum Gasteiger partial charge on any atom is 0.0568 e. The molecule has 1 aliphatic rings. The number of ether oxygens (including phenoxy) is 2. The molecule has 1 N–H and O–H groups in total. The van der Waals surface area contributed by atoms with E-state index >= 15 is 0 Å². The fraction of sp³-hybridized carbons (Fsp3) is 1.00. The topological polar surface area (TPSA) is 30.5 Å². The third-order valence-electron chi connectivity index (χ3n) is 2.82. The molecule has 1 rings (SSSR count). The van der Waals surface area contributed by atoms with E-state index in [2.05, 4.69) is 12.2 Å². The van der Waals surface area contributed by atoms with Crippen LogP contribution in [0.15, 0.2) is 0 Å². The molecule has 0 aromatic rings. The van der Waals surface area contributed by atoms with Gasteiger partial charge >= 0.3 is 0 Å². The third kappa shape index (κ3) is 4.94. The van der Waals surface area contributed by atoms with Crippen molar-refractivity contribution >= 4 is 0 Å². The van der Waals surface area contributed by atoms with E-state index in [1.807, 2.05) is 0 Å². The lowest BCUT2D eigenvalue weighted by atomic mass is 10.1. The number of hydrogen-bond acceptors (Lipinski definition) is 3. The predicted octanol–water partition coefficient (Wildman–Crippen LogP) is 1.43. The first-order valence-corrected chi connectivity index (χ1v) is 5.64. The highest BCUT2D eigenvalue weighted by Crippen LogP contribution is 2.12. The largest absolute Gasteiger partial charge is 0.385 e. The zero-order valence-electron chi connectivity index (χ0n) is 9.42. The first-order chi connectivity index (χ1) is 6.83. The van der Waals surface area contributed by atoms with Gasteiger partial charge in [-0.1, -0.05) is 0 Å². The smallest absolute Gasteiger partial charge is 0.0568 e. The van der Waals surface area contributed by atoms with Crippen molar-refractivity contribution in [3.63, 3.8) is 0 Å². The van der Waals surface area contributed by atoms with Gasteiger partial charge in [0.25, 0.3) is 0 Å². The van der Waals surface area contributed by atoms with Gasteiger partial charge in [-0.05, 0) is 45.2 Å². The molecule has 3 nitrogen and oxygen atoms in total. The molecular formula is C11H23NO2. The van der Waals surface area contributed by atoms with Gasteiger partial charge in [-0.2, -0.15) is 0 Å². The van der Waals surface area contributed by atoms with Crippen molar-refractivity contribution < 1.29 is 9.47 Å². The molecule has 0 saturated carbocycles. The average Bonchev–Trinajstić information content (AvgIpc) is 2.67. The van der Waals surface area contributed by atoms with Crippen molar-refractivity contribution in [3.8, 4) is 0 Å². The Kier molecular flexibility index (Phi) is 6.15. The summed E-state index contributed by atoms with van der Waals surface area (Å²) in [5.41, 5.74) is 0. The van der Waals surface area contributed by atoms with Crippen molar-refractivity contribution in [2.45, 2.75) is 32.3 Å². The van der Waals surface area contributed by atoms with Crippen LogP contribution < -0.4 is 5.32 Å². The third-order valence-corrected chi connectivity index (χ3v) is 2.82. The quantitative estimate of drug-likeness (QED) is 0.676. The van der Waals surface area contributed by atoms with Crippen LogP contribution in [0.5, 0.6) is 0 Å². The Balaban J connectivity index is 1.91. The molecule has 1 saturated heterocycles. The van der Waals surface area contributed by atoms with Crippen molar-refractivity contribution in [1.82, 2.24) is 5.32 Å². The summed E-state index contributed by atoms with van der Waals surface area (Å²) in [6, 6.07) is 0. The lowest BCUT2D eigenvalue weighted by Crippen LogP contribution is -2.15. The molecule has 0 spiro atoms. The number of hydrogen-bond donors (Lipinski definition) is 1. The minimum absolute atomic E-state index is 0.337. The zero-order chi connectivity index (χ0) is 10.2. The predicted molar refractivity (Wildman–Crippen MR) is 57.5 cm³/mol. The molecule has 3 heteroatoms. The molecular weight excluding hydrogens is 178 g/mol. The summed E-state index contributed by atoms with van der Waals surface area (Å²) in [6.45, 7) is 6.18. The maximum atomic E-state index is 5.70. The molecule has 1 heterocycles. The van der Waals surface area contributed by atoms with Gasteiger partial charge in [0, 0.05) is 20.3 Å². The van der Waals surface area contributed by atoms with Crippen LogP contribution in [0.3, 0.4) is 0 Å². The van der Waals surface area contributed by atoms with E-state index in [1.54, 1.807) is 7.11 Å². The Bertz CT molecular complexity index is 135. The zero-order valence-corrected chi connectivity index (χ0v) is 9.42. The molecule has 14 heavy (non-hydrogen) atoms. The van der Waals surface area contributed by atoms with Gasteiger partial charge in [0.15, 0.2) is 0 Å². The van der Waals surface area contributed by atoms with Gasteiger partial charge in [-0.15, -0.1) is 0 Å². The molecule has 0 aromatic carbocycles. The molecule has 1 fully saturated rings.